The number of nitrogens with zero attached hydrogens (tertiary/aromatic N) is 1. The van der Waals surface area contributed by atoms with Crippen molar-refractivity contribution in [3.8, 4) is 5.75 Å². The Morgan fingerprint density at radius 1 is 1.38 bits per heavy atom. The van der Waals surface area contributed by atoms with Crippen LogP contribution in [0, 0.1) is 6.92 Å². The maximum atomic E-state index is 12.1. The number of rotatable bonds is 5. The Balaban J connectivity index is 1.95. The summed E-state index contributed by atoms with van der Waals surface area (Å²) in [5, 5.41) is 3.25. The molecule has 0 saturated heterocycles. The molecule has 1 N–H and O–H groups in total. The first kappa shape index (κ1) is 15.3. The van der Waals surface area contributed by atoms with Gasteiger partial charge in [-0.1, -0.05) is 29.8 Å². The van der Waals surface area contributed by atoms with Gasteiger partial charge in [0.05, 0.1) is 17.7 Å². The van der Waals surface area contributed by atoms with Gasteiger partial charge in [-0.3, -0.25) is 9.78 Å². The maximum absolute atomic E-state index is 12.1. The number of hydrogen-bond donors (Lipinski definition) is 1. The van der Waals surface area contributed by atoms with E-state index in [2.05, 4.69) is 10.3 Å². The zero-order valence-corrected chi connectivity index (χ0v) is 12.8. The number of benzene rings is 1. The molecule has 4 nitrogen and oxygen atoms in total. The van der Waals surface area contributed by atoms with Crippen LogP contribution in [-0.2, 0) is 6.42 Å². The molecule has 0 aliphatic heterocycles. The highest BCUT2D eigenvalue weighted by Crippen LogP contribution is 2.18. The first-order valence-corrected chi connectivity index (χ1v) is 7.02. The van der Waals surface area contributed by atoms with E-state index in [0.29, 0.717) is 23.6 Å². The number of methoxy groups -OCH3 is 1. The number of carbonyl (C=O) groups excluding carboxylic acids is 1. The van der Waals surface area contributed by atoms with E-state index in [4.69, 9.17) is 16.3 Å². The normalized spacial score (nSPS) is 10.2. The summed E-state index contributed by atoms with van der Waals surface area (Å²) in [6.07, 6.45) is 2.18. The van der Waals surface area contributed by atoms with Crippen molar-refractivity contribution in [2.45, 2.75) is 13.3 Å². The smallest absolute Gasteiger partial charge is 0.254 e. The van der Waals surface area contributed by atoms with Crippen LogP contribution in [0.3, 0.4) is 0 Å². The van der Waals surface area contributed by atoms with Gasteiger partial charge in [0, 0.05) is 18.4 Å². The Morgan fingerprint density at radius 2 is 2.14 bits per heavy atom. The third-order valence-electron chi connectivity index (χ3n) is 3.11. The van der Waals surface area contributed by atoms with Crippen LogP contribution < -0.4 is 10.1 Å². The summed E-state index contributed by atoms with van der Waals surface area (Å²) in [7, 11) is 1.63. The standard InChI is InChI=1S/C16H17ClN2O2/c1-11-9-14(17)13(10-19-11)16(20)18-8-7-12-5-3-4-6-15(12)21-2/h3-6,9-10H,7-8H2,1-2H3,(H,18,20). The highest BCUT2D eigenvalue weighted by molar-refractivity contribution is 6.33. The minimum Gasteiger partial charge on any atom is -0.496 e. The second kappa shape index (κ2) is 7.09. The molecule has 0 spiro atoms. The molecule has 0 fully saturated rings. The summed E-state index contributed by atoms with van der Waals surface area (Å²) >= 11 is 6.05. The number of hydrogen-bond acceptors (Lipinski definition) is 3. The molecule has 0 atom stereocenters. The molecule has 0 radical (unpaired) electrons. The molecule has 2 aromatic rings. The van der Waals surface area contributed by atoms with Gasteiger partial charge in [0.2, 0.25) is 0 Å². The van der Waals surface area contributed by atoms with Crippen LogP contribution in [0.25, 0.3) is 0 Å². The van der Waals surface area contributed by atoms with E-state index in [-0.39, 0.29) is 5.91 Å². The fraction of sp³-hybridized carbons (Fsp3) is 0.250. The van der Waals surface area contributed by atoms with Crippen molar-refractivity contribution < 1.29 is 9.53 Å². The molecule has 0 aliphatic carbocycles. The van der Waals surface area contributed by atoms with E-state index in [1.165, 1.54) is 6.20 Å². The number of nitrogens with one attached hydrogen (secondary N) is 1. The summed E-state index contributed by atoms with van der Waals surface area (Å²) in [6.45, 7) is 2.33. The van der Waals surface area contributed by atoms with Crippen LogP contribution in [-0.4, -0.2) is 24.5 Å². The lowest BCUT2D eigenvalue weighted by atomic mass is 10.1. The van der Waals surface area contributed by atoms with Crippen molar-refractivity contribution in [3.05, 3.63) is 58.4 Å². The van der Waals surface area contributed by atoms with Crippen molar-refractivity contribution >= 4 is 17.5 Å². The summed E-state index contributed by atoms with van der Waals surface area (Å²) in [4.78, 5) is 16.1. The van der Waals surface area contributed by atoms with Crippen molar-refractivity contribution in [2.24, 2.45) is 0 Å². The average molecular weight is 305 g/mol. The Bertz CT molecular complexity index is 644. The third-order valence-corrected chi connectivity index (χ3v) is 3.42. The molecule has 0 aliphatic rings. The van der Waals surface area contributed by atoms with Crippen molar-refractivity contribution in [2.75, 3.05) is 13.7 Å². The summed E-state index contributed by atoms with van der Waals surface area (Å²) < 4.78 is 5.28. The molecule has 0 bridgehead atoms. The van der Waals surface area contributed by atoms with Gasteiger partial charge >= 0.3 is 0 Å². The average Bonchev–Trinajstić information content (AvgIpc) is 2.47. The lowest BCUT2D eigenvalue weighted by molar-refractivity contribution is 0.0954. The lowest BCUT2D eigenvalue weighted by Crippen LogP contribution is -2.26. The Hall–Kier alpha value is -2.07. The van der Waals surface area contributed by atoms with E-state index in [0.717, 1.165) is 17.0 Å². The van der Waals surface area contributed by atoms with Crippen molar-refractivity contribution in [1.29, 1.82) is 0 Å². The first-order chi connectivity index (χ1) is 10.1. The van der Waals surface area contributed by atoms with E-state index < -0.39 is 0 Å². The largest absolute Gasteiger partial charge is 0.496 e. The van der Waals surface area contributed by atoms with Gasteiger partial charge in [0.1, 0.15) is 5.75 Å². The van der Waals surface area contributed by atoms with Gasteiger partial charge in [-0.05, 0) is 31.0 Å². The molecule has 1 aromatic heterocycles. The first-order valence-electron chi connectivity index (χ1n) is 6.64. The highest BCUT2D eigenvalue weighted by atomic mass is 35.5. The van der Waals surface area contributed by atoms with Gasteiger partial charge in [-0.25, -0.2) is 0 Å². The minimum atomic E-state index is -0.220. The fourth-order valence-electron chi connectivity index (χ4n) is 2.01. The quantitative estimate of drug-likeness (QED) is 0.924. The summed E-state index contributed by atoms with van der Waals surface area (Å²) in [5.74, 6) is 0.601. The van der Waals surface area contributed by atoms with Gasteiger partial charge in [-0.2, -0.15) is 0 Å². The molecular weight excluding hydrogens is 288 g/mol. The number of carbonyl (C=O) groups is 1. The maximum Gasteiger partial charge on any atom is 0.254 e. The number of amides is 1. The second-order valence-electron chi connectivity index (χ2n) is 4.62. The molecule has 1 aromatic carbocycles. The van der Waals surface area contributed by atoms with Crippen LogP contribution in [0.4, 0.5) is 0 Å². The molecule has 1 amide bonds. The lowest BCUT2D eigenvalue weighted by Gasteiger charge is -2.09. The van der Waals surface area contributed by atoms with Crippen LogP contribution in [0.1, 0.15) is 21.6 Å². The number of para-hydroxylation sites is 1. The zero-order chi connectivity index (χ0) is 15.2. The number of halogens is 1. The molecule has 0 saturated carbocycles. The summed E-state index contributed by atoms with van der Waals surface area (Å²) in [5.41, 5.74) is 2.22. The Labute approximate surface area is 129 Å². The molecule has 5 heteroatoms. The minimum absolute atomic E-state index is 0.220. The molecule has 110 valence electrons. The zero-order valence-electron chi connectivity index (χ0n) is 12.0. The van der Waals surface area contributed by atoms with Crippen LogP contribution >= 0.6 is 11.6 Å². The van der Waals surface area contributed by atoms with Gasteiger partial charge in [0.25, 0.3) is 5.91 Å². The third kappa shape index (κ3) is 3.95. The fourth-order valence-corrected chi connectivity index (χ4v) is 2.30. The van der Waals surface area contributed by atoms with Crippen LogP contribution in [0.2, 0.25) is 5.02 Å². The number of aryl methyl sites for hydroxylation is 1. The molecule has 2 rings (SSSR count). The Kier molecular flexibility index (Phi) is 5.17. The van der Waals surface area contributed by atoms with Crippen LogP contribution in [0.15, 0.2) is 36.5 Å². The SMILES string of the molecule is COc1ccccc1CCNC(=O)c1cnc(C)cc1Cl. The monoisotopic (exact) mass is 304 g/mol. The van der Waals surface area contributed by atoms with Gasteiger partial charge in [0.15, 0.2) is 0 Å². The molecule has 1 heterocycles. The van der Waals surface area contributed by atoms with Gasteiger partial charge < -0.3 is 10.1 Å². The predicted octanol–water partition coefficient (Wildman–Crippen LogP) is 3.02. The topological polar surface area (TPSA) is 51.2 Å². The Morgan fingerprint density at radius 3 is 2.86 bits per heavy atom. The highest BCUT2D eigenvalue weighted by Gasteiger charge is 2.11. The summed E-state index contributed by atoms with van der Waals surface area (Å²) in [6, 6.07) is 9.42. The predicted molar refractivity (Wildman–Crippen MR) is 83.0 cm³/mol. The molecule has 0 unspecified atom stereocenters. The van der Waals surface area contributed by atoms with Gasteiger partial charge in [-0.15, -0.1) is 0 Å². The number of pyridine rings is 1. The van der Waals surface area contributed by atoms with Crippen LogP contribution in [0.5, 0.6) is 5.75 Å². The number of ether oxygens (including phenoxy) is 1. The molecule has 21 heavy (non-hydrogen) atoms. The van der Waals surface area contributed by atoms with E-state index in [1.54, 1.807) is 13.2 Å². The van der Waals surface area contributed by atoms with E-state index in [9.17, 15) is 4.79 Å². The number of aromatic nitrogens is 1. The second-order valence-corrected chi connectivity index (χ2v) is 5.03. The van der Waals surface area contributed by atoms with Crippen molar-refractivity contribution in [3.63, 3.8) is 0 Å². The van der Waals surface area contributed by atoms with Crippen molar-refractivity contribution in [1.82, 2.24) is 10.3 Å². The molecular formula is C16H17ClN2O2. The van der Waals surface area contributed by atoms with E-state index >= 15 is 0 Å². The van der Waals surface area contributed by atoms with E-state index in [1.807, 2.05) is 31.2 Å².